The van der Waals surface area contributed by atoms with Gasteiger partial charge < -0.3 is 15.6 Å². The molecule has 106 valence electrons. The average molecular weight is 265 g/mol. The van der Waals surface area contributed by atoms with Crippen LogP contribution in [0.15, 0.2) is 6.07 Å². The van der Waals surface area contributed by atoms with Crippen LogP contribution in [0.3, 0.4) is 0 Å². The van der Waals surface area contributed by atoms with E-state index >= 15 is 0 Å². The molecular weight excluding hydrogens is 242 g/mol. The van der Waals surface area contributed by atoms with E-state index < -0.39 is 17.9 Å². The Bertz CT molecular complexity index is 483. The van der Waals surface area contributed by atoms with Crippen LogP contribution in [0.1, 0.15) is 41.6 Å². The fraction of sp³-hybridized carbons (Fsp3) is 0.533. The largest absolute Gasteiger partial charge is 0.496 e. The first-order valence-corrected chi connectivity index (χ1v) is 6.48. The Morgan fingerprint density at radius 3 is 2.37 bits per heavy atom. The van der Waals surface area contributed by atoms with Crippen molar-refractivity contribution >= 4 is 5.97 Å². The van der Waals surface area contributed by atoms with Crippen molar-refractivity contribution in [3.63, 3.8) is 0 Å². The summed E-state index contributed by atoms with van der Waals surface area (Å²) >= 11 is 0. The van der Waals surface area contributed by atoms with E-state index in [0.717, 1.165) is 28.0 Å². The van der Waals surface area contributed by atoms with Gasteiger partial charge in [-0.1, -0.05) is 6.92 Å². The fourth-order valence-corrected chi connectivity index (χ4v) is 2.57. The van der Waals surface area contributed by atoms with Gasteiger partial charge in [-0.2, -0.15) is 0 Å². The number of ether oxygens (including phenoxy) is 1. The van der Waals surface area contributed by atoms with Gasteiger partial charge in [0.05, 0.1) is 13.0 Å². The van der Waals surface area contributed by atoms with Gasteiger partial charge in [-0.3, -0.25) is 4.79 Å². The first-order chi connectivity index (χ1) is 8.84. The van der Waals surface area contributed by atoms with Crippen molar-refractivity contribution in [2.45, 2.75) is 40.2 Å². The molecule has 2 unspecified atom stereocenters. The van der Waals surface area contributed by atoms with Gasteiger partial charge in [-0.05, 0) is 55.5 Å². The van der Waals surface area contributed by atoms with Gasteiger partial charge in [0, 0.05) is 6.04 Å². The molecule has 4 nitrogen and oxygen atoms in total. The van der Waals surface area contributed by atoms with Crippen molar-refractivity contribution in [2.24, 2.45) is 11.7 Å². The fourth-order valence-electron chi connectivity index (χ4n) is 2.57. The molecule has 0 bridgehead atoms. The first kappa shape index (κ1) is 15.5. The molecule has 0 amide bonds. The van der Waals surface area contributed by atoms with E-state index in [4.69, 9.17) is 10.5 Å². The minimum Gasteiger partial charge on any atom is -0.496 e. The molecule has 0 saturated heterocycles. The predicted octanol–water partition coefficient (Wildman–Crippen LogP) is 2.73. The zero-order valence-corrected chi connectivity index (χ0v) is 12.3. The van der Waals surface area contributed by atoms with E-state index in [1.807, 2.05) is 33.8 Å². The molecular formula is C15H23NO3. The predicted molar refractivity (Wildman–Crippen MR) is 75.6 cm³/mol. The maximum absolute atomic E-state index is 11.3. The van der Waals surface area contributed by atoms with Gasteiger partial charge in [-0.25, -0.2) is 0 Å². The molecule has 0 aliphatic rings. The number of carboxylic acid groups (broad SMARTS) is 1. The smallest absolute Gasteiger partial charge is 0.308 e. The average Bonchev–Trinajstić information content (AvgIpc) is 2.34. The van der Waals surface area contributed by atoms with Gasteiger partial charge in [0.15, 0.2) is 0 Å². The number of carbonyl (C=O) groups is 1. The molecule has 4 heteroatoms. The third-order valence-electron chi connectivity index (χ3n) is 3.85. The van der Waals surface area contributed by atoms with Crippen molar-refractivity contribution < 1.29 is 14.6 Å². The molecule has 0 spiro atoms. The van der Waals surface area contributed by atoms with Crippen LogP contribution in [0.5, 0.6) is 5.75 Å². The lowest BCUT2D eigenvalue weighted by Crippen LogP contribution is -2.29. The number of aryl methyl sites for hydroxylation is 1. The first-order valence-electron chi connectivity index (χ1n) is 6.48. The van der Waals surface area contributed by atoms with E-state index in [1.54, 1.807) is 7.11 Å². The Balaban J connectivity index is 3.35. The van der Waals surface area contributed by atoms with Crippen molar-refractivity contribution in [1.82, 2.24) is 0 Å². The SMILES string of the molecule is CCC(C(=O)O)C(N)c1c(C)cc(OC)c(C)c1C. The Morgan fingerprint density at radius 1 is 1.37 bits per heavy atom. The number of aliphatic carboxylic acids is 1. The third kappa shape index (κ3) is 2.89. The molecule has 2 atom stereocenters. The van der Waals surface area contributed by atoms with Crippen LogP contribution in [0.4, 0.5) is 0 Å². The number of nitrogens with two attached hydrogens (primary N) is 1. The number of benzene rings is 1. The molecule has 1 aromatic rings. The lowest BCUT2D eigenvalue weighted by molar-refractivity contribution is -0.142. The van der Waals surface area contributed by atoms with Gasteiger partial charge in [0.25, 0.3) is 0 Å². The van der Waals surface area contributed by atoms with Crippen LogP contribution >= 0.6 is 0 Å². The second-order valence-electron chi connectivity index (χ2n) is 4.94. The summed E-state index contributed by atoms with van der Waals surface area (Å²) in [6, 6.07) is 1.43. The summed E-state index contributed by atoms with van der Waals surface area (Å²) < 4.78 is 5.32. The Labute approximate surface area is 114 Å². The second kappa shape index (κ2) is 6.06. The van der Waals surface area contributed by atoms with Crippen LogP contribution < -0.4 is 10.5 Å². The standard InChI is InChI=1S/C15H23NO3/c1-6-11(15(17)18)14(16)13-8(2)7-12(19-5)9(3)10(13)4/h7,11,14H,6,16H2,1-5H3,(H,17,18). The zero-order valence-electron chi connectivity index (χ0n) is 12.3. The minimum atomic E-state index is -0.845. The summed E-state index contributed by atoms with van der Waals surface area (Å²) in [5, 5.41) is 9.25. The van der Waals surface area contributed by atoms with E-state index in [9.17, 15) is 9.90 Å². The molecule has 0 radical (unpaired) electrons. The summed E-state index contributed by atoms with van der Waals surface area (Å²) in [5.41, 5.74) is 10.1. The van der Waals surface area contributed by atoms with E-state index in [1.165, 1.54) is 0 Å². The van der Waals surface area contributed by atoms with E-state index in [2.05, 4.69) is 0 Å². The number of rotatable bonds is 5. The van der Waals surface area contributed by atoms with Gasteiger partial charge in [0.1, 0.15) is 5.75 Å². The van der Waals surface area contributed by atoms with Crippen LogP contribution in [0, 0.1) is 26.7 Å². The number of hydrogen-bond donors (Lipinski definition) is 2. The Hall–Kier alpha value is -1.55. The van der Waals surface area contributed by atoms with Crippen molar-refractivity contribution in [2.75, 3.05) is 7.11 Å². The quantitative estimate of drug-likeness (QED) is 0.858. The van der Waals surface area contributed by atoms with E-state index in [0.29, 0.717) is 6.42 Å². The van der Waals surface area contributed by atoms with Gasteiger partial charge in [-0.15, -0.1) is 0 Å². The number of methoxy groups -OCH3 is 1. The molecule has 0 aliphatic heterocycles. The van der Waals surface area contributed by atoms with Gasteiger partial charge in [0.2, 0.25) is 0 Å². The Morgan fingerprint density at radius 2 is 1.95 bits per heavy atom. The molecule has 0 aromatic heterocycles. The van der Waals surface area contributed by atoms with Crippen molar-refractivity contribution in [3.05, 3.63) is 28.3 Å². The molecule has 0 aliphatic carbocycles. The maximum atomic E-state index is 11.3. The van der Waals surface area contributed by atoms with Crippen LogP contribution in [-0.4, -0.2) is 18.2 Å². The van der Waals surface area contributed by atoms with Crippen LogP contribution in [-0.2, 0) is 4.79 Å². The summed E-state index contributed by atoms with van der Waals surface area (Å²) in [7, 11) is 1.63. The maximum Gasteiger partial charge on any atom is 0.308 e. The highest BCUT2D eigenvalue weighted by Crippen LogP contribution is 2.34. The highest BCUT2D eigenvalue weighted by atomic mass is 16.5. The summed E-state index contributed by atoms with van der Waals surface area (Å²) in [6.45, 7) is 7.72. The number of carboxylic acids is 1. The molecule has 0 fully saturated rings. The van der Waals surface area contributed by atoms with E-state index in [-0.39, 0.29) is 0 Å². The van der Waals surface area contributed by atoms with Crippen LogP contribution in [0.25, 0.3) is 0 Å². The van der Waals surface area contributed by atoms with Crippen molar-refractivity contribution in [3.8, 4) is 5.75 Å². The van der Waals surface area contributed by atoms with Gasteiger partial charge >= 0.3 is 5.97 Å². The molecule has 19 heavy (non-hydrogen) atoms. The van der Waals surface area contributed by atoms with Crippen molar-refractivity contribution in [1.29, 1.82) is 0 Å². The topological polar surface area (TPSA) is 72.5 Å². The minimum absolute atomic E-state index is 0.493. The highest BCUT2D eigenvalue weighted by Gasteiger charge is 2.28. The number of hydrogen-bond acceptors (Lipinski definition) is 3. The molecule has 1 rings (SSSR count). The summed E-state index contributed by atoms with van der Waals surface area (Å²) in [4.78, 5) is 11.3. The lowest BCUT2D eigenvalue weighted by Gasteiger charge is -2.25. The molecule has 0 saturated carbocycles. The van der Waals surface area contributed by atoms with Crippen LogP contribution in [0.2, 0.25) is 0 Å². The third-order valence-corrected chi connectivity index (χ3v) is 3.85. The molecule has 3 N–H and O–H groups in total. The lowest BCUT2D eigenvalue weighted by atomic mass is 9.85. The monoisotopic (exact) mass is 265 g/mol. The molecule has 1 aromatic carbocycles. The normalized spacial score (nSPS) is 14.0. The second-order valence-corrected chi connectivity index (χ2v) is 4.94. The highest BCUT2D eigenvalue weighted by molar-refractivity contribution is 5.71. The summed E-state index contributed by atoms with van der Waals surface area (Å²) in [6.07, 6.45) is 0.514. The summed E-state index contributed by atoms with van der Waals surface area (Å²) in [5.74, 6) is -0.596. The molecule has 0 heterocycles. The Kier molecular flexibility index (Phi) is 4.95. The zero-order chi connectivity index (χ0) is 14.7.